The van der Waals surface area contributed by atoms with Gasteiger partial charge in [-0.1, -0.05) is 19.3 Å². The van der Waals surface area contributed by atoms with Crippen LogP contribution in [0.1, 0.15) is 30.3 Å². The lowest BCUT2D eigenvalue weighted by molar-refractivity contribution is -0.191. The summed E-state index contributed by atoms with van der Waals surface area (Å²) in [5.41, 5.74) is -0.410. The van der Waals surface area contributed by atoms with Crippen molar-refractivity contribution in [1.29, 1.82) is 0 Å². The first-order valence-electron chi connectivity index (χ1n) is 8.90. The van der Waals surface area contributed by atoms with E-state index in [0.717, 1.165) is 30.5 Å². The minimum absolute atomic E-state index is 0.208. The van der Waals surface area contributed by atoms with E-state index in [1.54, 1.807) is 0 Å². The molecule has 0 atom stereocenters. The van der Waals surface area contributed by atoms with Gasteiger partial charge in [0.15, 0.2) is 0 Å². The molecule has 10 heteroatoms. The molecule has 0 N–H and O–H groups in total. The Morgan fingerprint density at radius 2 is 1.68 bits per heavy atom. The number of aryl methyl sites for hydroxylation is 1. The van der Waals surface area contributed by atoms with Gasteiger partial charge in [-0.3, -0.25) is 0 Å². The molecule has 0 fully saturated rings. The molecule has 3 aromatic rings. The van der Waals surface area contributed by atoms with Crippen LogP contribution >= 0.6 is 0 Å². The summed E-state index contributed by atoms with van der Waals surface area (Å²) in [7, 11) is 0. The van der Waals surface area contributed by atoms with Gasteiger partial charge in [0.25, 0.3) is 0 Å². The van der Waals surface area contributed by atoms with E-state index in [9.17, 15) is 30.7 Å². The Morgan fingerprint density at radius 3 is 2.29 bits per heavy atom. The molecule has 3 rings (SSSR count). The van der Waals surface area contributed by atoms with E-state index in [2.05, 4.69) is 14.7 Å². The number of aromatic nitrogens is 2. The van der Waals surface area contributed by atoms with Gasteiger partial charge in [0.1, 0.15) is 17.4 Å². The molecular formula is C21H13F7N2O. The number of fused-ring (bicyclic) bond motifs is 1. The van der Waals surface area contributed by atoms with Gasteiger partial charge in [0, 0.05) is 23.7 Å². The van der Waals surface area contributed by atoms with Crippen molar-refractivity contribution >= 4 is 10.8 Å². The van der Waals surface area contributed by atoms with Crippen molar-refractivity contribution in [3.8, 4) is 17.6 Å². The molecule has 0 radical (unpaired) electrons. The summed E-state index contributed by atoms with van der Waals surface area (Å²) in [5, 5.41) is -0.524. The lowest BCUT2D eigenvalue weighted by Gasteiger charge is -2.17. The Balaban J connectivity index is 1.92. The predicted octanol–water partition coefficient (Wildman–Crippen LogP) is 5.90. The Morgan fingerprint density at radius 1 is 1.00 bits per heavy atom. The topological polar surface area (TPSA) is 35.0 Å². The van der Waals surface area contributed by atoms with Crippen molar-refractivity contribution < 1.29 is 35.5 Å². The second kappa shape index (κ2) is 8.41. The number of hydrogen-bond acceptors (Lipinski definition) is 3. The maximum absolute atomic E-state index is 14.4. The molecule has 0 spiro atoms. The number of alkyl halides is 5. The fourth-order valence-electron chi connectivity index (χ4n) is 2.74. The molecule has 0 unspecified atom stereocenters. The average Bonchev–Trinajstić information content (AvgIpc) is 2.67. The van der Waals surface area contributed by atoms with Gasteiger partial charge in [0.05, 0.1) is 5.56 Å². The fraction of sp³-hybridized carbons (Fsp3) is 0.238. The van der Waals surface area contributed by atoms with Gasteiger partial charge >= 0.3 is 12.3 Å². The highest BCUT2D eigenvalue weighted by Gasteiger charge is 2.38. The summed E-state index contributed by atoms with van der Waals surface area (Å²) in [4.78, 5) is 7.19. The highest BCUT2D eigenvalue weighted by molar-refractivity contribution is 5.86. The fourth-order valence-corrected chi connectivity index (χ4v) is 2.74. The first kappa shape index (κ1) is 22.3. The van der Waals surface area contributed by atoms with Gasteiger partial charge in [-0.25, -0.2) is 18.7 Å². The number of halogens is 7. The van der Waals surface area contributed by atoms with Gasteiger partial charge in [-0.05, 0) is 41.6 Å². The number of ether oxygens (including phenoxy) is 1. The van der Waals surface area contributed by atoms with Crippen LogP contribution in [0.15, 0.2) is 36.7 Å². The normalized spacial score (nSPS) is 11.9. The molecule has 3 nitrogen and oxygen atoms in total. The van der Waals surface area contributed by atoms with Crippen molar-refractivity contribution in [3.05, 3.63) is 65.2 Å². The van der Waals surface area contributed by atoms with Crippen LogP contribution in [0, 0.1) is 23.5 Å². The molecule has 1 heterocycles. The van der Waals surface area contributed by atoms with Crippen molar-refractivity contribution in [2.45, 2.75) is 32.1 Å². The number of rotatable bonds is 5. The minimum Gasteiger partial charge on any atom is -0.427 e. The summed E-state index contributed by atoms with van der Waals surface area (Å²) in [6.07, 6.45) is -4.98. The van der Waals surface area contributed by atoms with E-state index >= 15 is 0 Å². The molecule has 0 aliphatic carbocycles. The van der Waals surface area contributed by atoms with Crippen LogP contribution < -0.4 is 4.74 Å². The quantitative estimate of drug-likeness (QED) is 0.365. The molecule has 162 valence electrons. The highest BCUT2D eigenvalue weighted by Crippen LogP contribution is 2.33. The van der Waals surface area contributed by atoms with Gasteiger partial charge in [0.2, 0.25) is 5.82 Å². The molecule has 0 saturated heterocycles. The standard InChI is InChI=1S/C21H13F7N2O/c1-2-3-12-10-29-19(30-11-12)21(27,28)31-14-4-5-15-13(8-14)9-17(22)16(18(15)23)6-7-20(24,25)26/h4-5,8-11H,2-3H2,1H3. The lowest BCUT2D eigenvalue weighted by Crippen LogP contribution is -2.25. The zero-order valence-electron chi connectivity index (χ0n) is 15.8. The summed E-state index contributed by atoms with van der Waals surface area (Å²) in [6, 6.07) is 3.53. The number of benzene rings is 2. The molecule has 2 aromatic carbocycles. The van der Waals surface area contributed by atoms with Gasteiger partial charge in [-0.15, -0.1) is 0 Å². The van der Waals surface area contributed by atoms with E-state index in [1.807, 2.05) is 6.92 Å². The molecule has 0 bridgehead atoms. The van der Waals surface area contributed by atoms with E-state index in [-0.39, 0.29) is 10.8 Å². The molecule has 1 aromatic heterocycles. The number of hydrogen-bond donors (Lipinski definition) is 0. The third kappa shape index (κ3) is 5.23. The zero-order valence-corrected chi connectivity index (χ0v) is 15.8. The Kier molecular flexibility index (Phi) is 6.06. The SMILES string of the molecule is CCCc1cnc(C(F)(F)Oc2ccc3c(F)c(C#CC(F)(F)F)c(F)cc3c2)nc1. The van der Waals surface area contributed by atoms with Crippen LogP contribution in [0.2, 0.25) is 0 Å². The summed E-state index contributed by atoms with van der Waals surface area (Å²) < 4.78 is 98.5. The van der Waals surface area contributed by atoms with Gasteiger partial charge in [-0.2, -0.15) is 22.0 Å². The Labute approximate surface area is 171 Å². The molecule has 31 heavy (non-hydrogen) atoms. The van der Waals surface area contributed by atoms with Crippen molar-refractivity contribution in [3.63, 3.8) is 0 Å². The summed E-state index contributed by atoms with van der Waals surface area (Å²) >= 11 is 0. The van der Waals surface area contributed by atoms with Crippen LogP contribution in [0.4, 0.5) is 30.7 Å². The third-order valence-electron chi connectivity index (χ3n) is 4.08. The monoisotopic (exact) mass is 442 g/mol. The average molecular weight is 442 g/mol. The minimum atomic E-state index is -4.94. The third-order valence-corrected chi connectivity index (χ3v) is 4.08. The number of nitrogens with zero attached hydrogens (tertiary/aromatic N) is 2. The van der Waals surface area contributed by atoms with Gasteiger partial charge < -0.3 is 4.74 Å². The van der Waals surface area contributed by atoms with Crippen LogP contribution in [0.5, 0.6) is 5.75 Å². The Hall–Kier alpha value is -3.35. The van der Waals surface area contributed by atoms with Crippen molar-refractivity contribution in [2.24, 2.45) is 0 Å². The maximum atomic E-state index is 14.4. The smallest absolute Gasteiger partial charge is 0.427 e. The second-order valence-corrected chi connectivity index (χ2v) is 6.46. The first-order chi connectivity index (χ1) is 14.5. The predicted molar refractivity (Wildman–Crippen MR) is 97.3 cm³/mol. The van der Waals surface area contributed by atoms with Crippen LogP contribution in [-0.2, 0) is 12.5 Å². The van der Waals surface area contributed by atoms with Crippen molar-refractivity contribution in [1.82, 2.24) is 9.97 Å². The highest BCUT2D eigenvalue weighted by atomic mass is 19.4. The maximum Gasteiger partial charge on any atom is 0.462 e. The summed E-state index contributed by atoms with van der Waals surface area (Å²) in [6.45, 7) is 1.91. The van der Waals surface area contributed by atoms with E-state index in [1.165, 1.54) is 18.3 Å². The Bertz CT molecular complexity index is 1160. The first-order valence-corrected chi connectivity index (χ1v) is 8.90. The van der Waals surface area contributed by atoms with Crippen LogP contribution in [0.25, 0.3) is 10.8 Å². The molecule has 0 amide bonds. The zero-order chi connectivity index (χ0) is 22.8. The summed E-state index contributed by atoms with van der Waals surface area (Å²) in [5.74, 6) is -1.88. The van der Waals surface area contributed by atoms with E-state index < -0.39 is 41.1 Å². The van der Waals surface area contributed by atoms with E-state index in [0.29, 0.717) is 18.1 Å². The molecule has 0 aliphatic heterocycles. The molecular weight excluding hydrogens is 429 g/mol. The molecule has 0 aliphatic rings. The largest absolute Gasteiger partial charge is 0.462 e. The lowest BCUT2D eigenvalue weighted by atomic mass is 10.0. The van der Waals surface area contributed by atoms with Crippen LogP contribution in [-0.4, -0.2) is 16.1 Å². The van der Waals surface area contributed by atoms with Crippen LogP contribution in [0.3, 0.4) is 0 Å². The van der Waals surface area contributed by atoms with Crippen molar-refractivity contribution in [2.75, 3.05) is 0 Å². The second-order valence-electron chi connectivity index (χ2n) is 6.46. The van der Waals surface area contributed by atoms with E-state index in [4.69, 9.17) is 0 Å². The molecule has 0 saturated carbocycles.